The van der Waals surface area contributed by atoms with Gasteiger partial charge in [-0.05, 0) is 50.9 Å². The predicted molar refractivity (Wildman–Crippen MR) is 190 cm³/mol. The number of Topliss-reactive ketones (excluding diaryl/α,β-unsaturated/α-hetero) is 1. The maximum atomic E-state index is 9.44. The van der Waals surface area contributed by atoms with Crippen LogP contribution in [0.3, 0.4) is 0 Å². The summed E-state index contributed by atoms with van der Waals surface area (Å²) in [5.74, 6) is 0.167. The first-order chi connectivity index (χ1) is 20.6. The van der Waals surface area contributed by atoms with Crippen LogP contribution in [-0.4, -0.2) is 32.0 Å². The van der Waals surface area contributed by atoms with Crippen molar-refractivity contribution in [2.75, 3.05) is 0 Å². The second-order valence-electron chi connectivity index (χ2n) is 9.42. The Kier molecular flexibility index (Phi) is 21.2. The fourth-order valence-corrected chi connectivity index (χ4v) is 8.68. The van der Waals surface area contributed by atoms with E-state index in [1.165, 1.54) is 45.7 Å². The van der Waals surface area contributed by atoms with Crippen LogP contribution >= 0.6 is 15.8 Å². The van der Waals surface area contributed by atoms with Crippen LogP contribution in [0.25, 0.3) is 0 Å². The van der Waals surface area contributed by atoms with Crippen molar-refractivity contribution in [3.05, 3.63) is 182 Å². The third kappa shape index (κ3) is 13.7. The molecule has 0 bridgehead atoms. The van der Waals surface area contributed by atoms with E-state index in [1.807, 2.05) is 24.3 Å². The Morgan fingerprint density at radius 2 is 0.667 bits per heavy atom. The van der Waals surface area contributed by atoms with E-state index < -0.39 is 15.8 Å². The standard InChI is InChI=1S/2C18H14P.C3H6O.Bi.BrH.Pt/c2*1-4-10-16(11-5-1)19(17-12-6-2-7-13-17)18-14-8-3-9-15-18;1-3(2)4;;;/h2*1-14H;1-2H3;;1H;/q2*-1;;+2;;/p-1. The summed E-state index contributed by atoms with van der Waals surface area (Å²) >= 11 is 0. The molecule has 45 heavy (non-hydrogen) atoms. The van der Waals surface area contributed by atoms with Gasteiger partial charge < -0.3 is 21.8 Å². The Hall–Kier alpha value is -2.10. The third-order valence-corrected chi connectivity index (χ3v) is 10.7. The fourth-order valence-electron chi connectivity index (χ4n) is 4.21. The van der Waals surface area contributed by atoms with Gasteiger partial charge >= 0.3 is 26.2 Å². The number of ketones is 1. The van der Waals surface area contributed by atoms with Crippen molar-refractivity contribution in [2.45, 2.75) is 13.8 Å². The second-order valence-corrected chi connectivity index (χ2v) is 13.8. The van der Waals surface area contributed by atoms with Crippen molar-refractivity contribution < 1.29 is 42.8 Å². The molecule has 0 aliphatic heterocycles. The van der Waals surface area contributed by atoms with E-state index in [9.17, 15) is 4.79 Å². The summed E-state index contributed by atoms with van der Waals surface area (Å²) in [6.45, 7) is 3.06. The van der Waals surface area contributed by atoms with E-state index in [-0.39, 0.29) is 70.0 Å². The normalized spacial score (nSPS) is 9.51. The molecule has 6 heteroatoms. The van der Waals surface area contributed by atoms with Crippen molar-refractivity contribution in [3.63, 3.8) is 0 Å². The van der Waals surface area contributed by atoms with E-state index in [2.05, 4.69) is 158 Å². The first kappa shape index (κ1) is 40.9. The molecular weight excluding hydrogens is 1030 g/mol. The zero-order valence-corrected chi connectivity index (χ0v) is 34.2. The third-order valence-electron chi connectivity index (χ3n) is 5.92. The average molecular weight is 1060 g/mol. The molecule has 229 valence electrons. The number of carbonyl (C=O) groups is 1. The molecule has 0 atom stereocenters. The average Bonchev–Trinajstić information content (AvgIpc) is 3.05. The Morgan fingerprint density at radius 3 is 0.867 bits per heavy atom. The van der Waals surface area contributed by atoms with Crippen LogP contribution in [0.1, 0.15) is 13.8 Å². The van der Waals surface area contributed by atoms with Crippen molar-refractivity contribution in [2.24, 2.45) is 0 Å². The molecule has 0 aliphatic carbocycles. The van der Waals surface area contributed by atoms with Crippen molar-refractivity contribution in [3.8, 4) is 0 Å². The number of benzene rings is 6. The van der Waals surface area contributed by atoms with Gasteiger partial charge in [0.2, 0.25) is 0 Å². The van der Waals surface area contributed by atoms with Crippen LogP contribution < -0.4 is 48.8 Å². The largest absolute Gasteiger partial charge is 2.00 e. The van der Waals surface area contributed by atoms with Crippen molar-refractivity contribution in [1.82, 2.24) is 0 Å². The molecule has 0 aliphatic rings. The summed E-state index contributed by atoms with van der Waals surface area (Å²) in [5, 5.41) is 8.01. The maximum Gasteiger partial charge on any atom is 2.00 e. The minimum atomic E-state index is -0.502. The maximum absolute atomic E-state index is 9.44. The van der Waals surface area contributed by atoms with Gasteiger partial charge in [0.1, 0.15) is 5.78 Å². The first-order valence-electron chi connectivity index (χ1n) is 13.8. The zero-order chi connectivity index (χ0) is 29.4. The summed E-state index contributed by atoms with van der Waals surface area (Å²) in [7, 11) is -1.00. The van der Waals surface area contributed by atoms with Gasteiger partial charge in [-0.25, -0.2) is 0 Å². The molecule has 0 heterocycles. The van der Waals surface area contributed by atoms with Gasteiger partial charge in [0.25, 0.3) is 0 Å². The Labute approximate surface area is 315 Å². The predicted octanol–water partition coefficient (Wildman–Crippen LogP) is 3.71. The smallest absolute Gasteiger partial charge is 1.00 e. The zero-order valence-electron chi connectivity index (χ0n) is 25.1. The summed E-state index contributed by atoms with van der Waals surface area (Å²) in [6.07, 6.45) is 0. The van der Waals surface area contributed by atoms with Crippen molar-refractivity contribution >= 4 is 79.7 Å². The number of carbonyl (C=O) groups excluding carboxylic acids is 1. The van der Waals surface area contributed by atoms with E-state index in [0.29, 0.717) is 0 Å². The van der Waals surface area contributed by atoms with Gasteiger partial charge in [-0.15, -0.1) is 10.6 Å². The molecule has 0 amide bonds. The quantitative estimate of drug-likeness (QED) is 0.142. The van der Waals surface area contributed by atoms with Gasteiger partial charge in [-0.3, -0.25) is 0 Å². The molecular formula is C39H34BiBrOP2Pt-. The number of rotatable bonds is 6. The summed E-state index contributed by atoms with van der Waals surface area (Å²) in [5.41, 5.74) is 0. The van der Waals surface area contributed by atoms with Crippen molar-refractivity contribution in [1.29, 1.82) is 0 Å². The molecule has 0 fully saturated rings. The summed E-state index contributed by atoms with van der Waals surface area (Å²) in [6, 6.07) is 66.1. The van der Waals surface area contributed by atoms with E-state index in [0.717, 1.165) is 0 Å². The number of halogens is 1. The van der Waals surface area contributed by atoms with Gasteiger partial charge in [0.05, 0.1) is 0 Å². The SMILES string of the molecule is CC(C)=O.[Bi+2].[Br-].[Pt].[c-]1ccccc1P(c1ccccc1)c1ccccc1.[c-]1ccccc1P(c1ccccc1)c1ccccc1. The molecule has 6 rings (SSSR count). The monoisotopic (exact) mass is 1060 g/mol. The molecule has 0 aromatic heterocycles. The number of hydrogen-bond acceptors (Lipinski definition) is 1. The van der Waals surface area contributed by atoms with E-state index in [1.54, 1.807) is 0 Å². The summed E-state index contributed by atoms with van der Waals surface area (Å²) in [4.78, 5) is 9.44. The molecule has 0 unspecified atom stereocenters. The second kappa shape index (κ2) is 23.3. The minimum Gasteiger partial charge on any atom is -1.00 e. The van der Waals surface area contributed by atoms with Gasteiger partial charge in [0, 0.05) is 21.1 Å². The first-order valence-corrected chi connectivity index (χ1v) is 16.5. The van der Waals surface area contributed by atoms with Gasteiger partial charge in [0.15, 0.2) is 0 Å². The van der Waals surface area contributed by atoms with Gasteiger partial charge in [-0.2, -0.15) is 60.7 Å². The molecule has 3 radical (unpaired) electrons. The summed E-state index contributed by atoms with van der Waals surface area (Å²) < 4.78 is 0. The van der Waals surface area contributed by atoms with Gasteiger partial charge in [-0.1, -0.05) is 121 Å². The molecule has 6 aromatic carbocycles. The molecule has 0 saturated carbocycles. The fraction of sp³-hybridized carbons (Fsp3) is 0.0513. The Balaban J connectivity index is 0.000000380. The van der Waals surface area contributed by atoms with Crippen LogP contribution in [0.5, 0.6) is 0 Å². The van der Waals surface area contributed by atoms with Crippen LogP contribution in [-0.2, 0) is 25.9 Å². The molecule has 0 saturated heterocycles. The van der Waals surface area contributed by atoms with E-state index >= 15 is 0 Å². The van der Waals surface area contributed by atoms with Crippen LogP contribution in [0.15, 0.2) is 170 Å². The minimum absolute atomic E-state index is 0. The van der Waals surface area contributed by atoms with Crippen LogP contribution in [0.4, 0.5) is 0 Å². The molecule has 1 nitrogen and oxygen atoms in total. The van der Waals surface area contributed by atoms with Crippen LogP contribution in [0, 0.1) is 12.1 Å². The molecule has 0 N–H and O–H groups in total. The number of hydrogen-bond donors (Lipinski definition) is 0. The van der Waals surface area contributed by atoms with Crippen LogP contribution in [0.2, 0.25) is 0 Å². The Bertz CT molecular complexity index is 1290. The Morgan fingerprint density at radius 1 is 0.444 bits per heavy atom. The van der Waals surface area contributed by atoms with E-state index in [4.69, 9.17) is 0 Å². The molecule has 6 aromatic rings. The molecule has 0 spiro atoms. The topological polar surface area (TPSA) is 17.1 Å².